The zero-order valence-corrected chi connectivity index (χ0v) is 16.2. The lowest BCUT2D eigenvalue weighted by Gasteiger charge is -2.07. The van der Waals surface area contributed by atoms with Crippen LogP contribution in [0.1, 0.15) is 0 Å². The Labute approximate surface area is 160 Å². The molecule has 6 heteroatoms. The number of nitrogens with one attached hydrogen (secondary N) is 1. The molecule has 4 nitrogen and oxygen atoms in total. The number of benzene rings is 2. The van der Waals surface area contributed by atoms with Crippen molar-refractivity contribution >= 4 is 56.1 Å². The van der Waals surface area contributed by atoms with E-state index in [1.165, 1.54) is 0 Å². The molecule has 0 unspecified atom stereocenters. The van der Waals surface area contributed by atoms with Gasteiger partial charge in [0, 0.05) is 9.14 Å². The van der Waals surface area contributed by atoms with Gasteiger partial charge in [-0.2, -0.15) is 0 Å². The van der Waals surface area contributed by atoms with E-state index >= 15 is 0 Å². The number of hydrogen-bond acceptors (Lipinski definition) is 3. The molecule has 0 aliphatic rings. The van der Waals surface area contributed by atoms with Crippen molar-refractivity contribution in [2.75, 3.05) is 6.61 Å². The van der Waals surface area contributed by atoms with E-state index in [1.807, 2.05) is 46.5 Å². The Bertz CT molecular complexity index is 918. The van der Waals surface area contributed by atoms with E-state index in [-0.39, 0.29) is 5.56 Å². The van der Waals surface area contributed by atoms with Gasteiger partial charge in [0.2, 0.25) is 0 Å². The van der Waals surface area contributed by atoms with Gasteiger partial charge in [-0.15, -0.1) is 0 Å². The fourth-order valence-electron chi connectivity index (χ4n) is 2.12. The highest BCUT2D eigenvalue weighted by atomic mass is 127. The van der Waals surface area contributed by atoms with Gasteiger partial charge in [-0.3, -0.25) is 4.79 Å². The van der Waals surface area contributed by atoms with Crippen LogP contribution in [0.4, 0.5) is 0 Å². The van der Waals surface area contributed by atoms with Gasteiger partial charge in [0.25, 0.3) is 5.56 Å². The minimum Gasteiger partial charge on any atom is -0.488 e. The Kier molecular flexibility index (Phi) is 5.31. The third kappa shape index (κ3) is 3.92. The quantitative estimate of drug-likeness (QED) is 0.499. The molecule has 1 aromatic heterocycles. The summed E-state index contributed by atoms with van der Waals surface area (Å²) in [6.45, 7) is 0.550. The number of para-hydroxylation sites is 1. The summed E-state index contributed by atoms with van der Waals surface area (Å²) < 4.78 is 8.79. The number of halogens is 2. The lowest BCUT2D eigenvalue weighted by atomic mass is 10.2. The topological polar surface area (TPSA) is 55.0 Å². The largest absolute Gasteiger partial charge is 0.488 e. The second-order valence-electron chi connectivity index (χ2n) is 4.80. The van der Waals surface area contributed by atoms with E-state index in [0.29, 0.717) is 23.3 Å². The van der Waals surface area contributed by atoms with Gasteiger partial charge >= 0.3 is 0 Å². The van der Waals surface area contributed by atoms with Crippen molar-refractivity contribution in [1.29, 1.82) is 0 Å². The van der Waals surface area contributed by atoms with Gasteiger partial charge in [0.15, 0.2) is 0 Å². The second-order valence-corrected chi connectivity index (χ2v) is 6.81. The predicted octanol–water partition coefficient (Wildman–Crippen LogP) is 4.68. The summed E-state index contributed by atoms with van der Waals surface area (Å²) in [5.74, 6) is 1.34. The molecular weight excluding hydrogens is 518 g/mol. The van der Waals surface area contributed by atoms with Crippen LogP contribution in [-0.2, 0) is 0 Å². The number of fused-ring (bicyclic) bond motifs is 1. The third-order valence-corrected chi connectivity index (χ3v) is 5.80. The molecule has 3 aromatic rings. The molecule has 0 bridgehead atoms. The first-order chi connectivity index (χ1) is 11.2. The van der Waals surface area contributed by atoms with Crippen LogP contribution in [0.5, 0.6) is 5.75 Å². The molecule has 0 aliphatic heterocycles. The SMILES string of the molecule is O=c1[nH]c(-c2ccc(OC/C(I)=C\I)cc2)nc2ccccc12. The summed E-state index contributed by atoms with van der Waals surface area (Å²) in [6, 6.07) is 14.8. The van der Waals surface area contributed by atoms with Crippen LogP contribution in [0.3, 0.4) is 0 Å². The summed E-state index contributed by atoms with van der Waals surface area (Å²) in [5.41, 5.74) is 1.40. The Morgan fingerprint density at radius 1 is 1.17 bits per heavy atom. The molecule has 0 atom stereocenters. The van der Waals surface area contributed by atoms with E-state index in [2.05, 4.69) is 55.1 Å². The van der Waals surface area contributed by atoms with Crippen molar-refractivity contribution in [3.63, 3.8) is 0 Å². The van der Waals surface area contributed by atoms with E-state index in [1.54, 1.807) is 6.07 Å². The van der Waals surface area contributed by atoms with Crippen LogP contribution in [-0.4, -0.2) is 16.6 Å². The molecule has 0 saturated heterocycles. The smallest absolute Gasteiger partial charge is 0.259 e. The van der Waals surface area contributed by atoms with Gasteiger partial charge in [-0.05, 0) is 63.1 Å². The van der Waals surface area contributed by atoms with Crippen molar-refractivity contribution in [2.24, 2.45) is 0 Å². The third-order valence-electron chi connectivity index (χ3n) is 3.24. The molecule has 0 fully saturated rings. The van der Waals surface area contributed by atoms with Crippen molar-refractivity contribution in [3.8, 4) is 17.1 Å². The maximum absolute atomic E-state index is 12.1. The van der Waals surface area contributed by atoms with Gasteiger partial charge in [0.05, 0.1) is 10.9 Å². The van der Waals surface area contributed by atoms with Crippen LogP contribution in [0.2, 0.25) is 0 Å². The molecule has 1 heterocycles. The molecule has 0 spiro atoms. The maximum Gasteiger partial charge on any atom is 0.259 e. The summed E-state index contributed by atoms with van der Waals surface area (Å²) in [5, 5.41) is 0.594. The first-order valence-electron chi connectivity index (χ1n) is 6.84. The number of ether oxygens (including phenoxy) is 1. The summed E-state index contributed by atoms with van der Waals surface area (Å²) in [4.78, 5) is 19.5. The zero-order chi connectivity index (χ0) is 16.2. The highest BCUT2D eigenvalue weighted by Crippen LogP contribution is 2.21. The molecule has 0 aliphatic carbocycles. The highest BCUT2D eigenvalue weighted by molar-refractivity contribution is 14.1. The molecule has 0 radical (unpaired) electrons. The van der Waals surface area contributed by atoms with Crippen molar-refractivity contribution in [3.05, 3.63) is 66.5 Å². The number of aromatic amines is 1. The monoisotopic (exact) mass is 530 g/mol. The molecule has 0 saturated carbocycles. The maximum atomic E-state index is 12.1. The average molecular weight is 530 g/mol. The Morgan fingerprint density at radius 2 is 1.91 bits per heavy atom. The summed E-state index contributed by atoms with van der Waals surface area (Å²) in [7, 11) is 0. The minimum atomic E-state index is -0.132. The normalized spacial score (nSPS) is 11.7. The van der Waals surface area contributed by atoms with Gasteiger partial charge in [-0.25, -0.2) is 4.98 Å². The fourth-order valence-corrected chi connectivity index (χ4v) is 2.45. The minimum absolute atomic E-state index is 0.132. The first kappa shape index (κ1) is 16.4. The number of H-pyrrole nitrogens is 1. The fraction of sp³-hybridized carbons (Fsp3) is 0.0588. The van der Waals surface area contributed by atoms with Crippen molar-refractivity contribution in [2.45, 2.75) is 0 Å². The van der Waals surface area contributed by atoms with E-state index in [9.17, 15) is 4.79 Å². The van der Waals surface area contributed by atoms with Crippen molar-refractivity contribution < 1.29 is 4.74 Å². The number of nitrogens with zero attached hydrogens (tertiary/aromatic N) is 1. The summed E-state index contributed by atoms with van der Waals surface area (Å²) >= 11 is 4.43. The molecule has 3 rings (SSSR count). The number of hydrogen-bond donors (Lipinski definition) is 1. The van der Waals surface area contributed by atoms with Crippen LogP contribution in [0, 0.1) is 0 Å². The first-order valence-corrected chi connectivity index (χ1v) is 9.17. The van der Waals surface area contributed by atoms with Crippen LogP contribution >= 0.6 is 45.2 Å². The van der Waals surface area contributed by atoms with Crippen LogP contribution in [0.15, 0.2) is 61.0 Å². The lowest BCUT2D eigenvalue weighted by molar-refractivity contribution is 0.362. The Balaban J connectivity index is 1.89. The van der Waals surface area contributed by atoms with Crippen LogP contribution < -0.4 is 10.3 Å². The molecule has 23 heavy (non-hydrogen) atoms. The summed E-state index contributed by atoms with van der Waals surface area (Å²) in [6.07, 6.45) is 0. The van der Waals surface area contributed by atoms with Gasteiger partial charge in [-0.1, -0.05) is 34.7 Å². The predicted molar refractivity (Wildman–Crippen MR) is 109 cm³/mol. The lowest BCUT2D eigenvalue weighted by Crippen LogP contribution is -2.09. The van der Waals surface area contributed by atoms with Gasteiger partial charge in [0.1, 0.15) is 18.2 Å². The van der Waals surface area contributed by atoms with Gasteiger partial charge < -0.3 is 9.72 Å². The molecule has 0 amide bonds. The Hall–Kier alpha value is -1.42. The number of rotatable bonds is 4. The molecule has 1 N–H and O–H groups in total. The molecular formula is C17H12I2N2O2. The molecule has 2 aromatic carbocycles. The average Bonchev–Trinajstić information content (AvgIpc) is 2.60. The standard InChI is InChI=1S/C17H12I2N2O2/c18-9-12(19)10-23-13-7-5-11(6-8-13)16-20-15-4-2-1-3-14(15)17(22)21-16/h1-9H,10H2,(H,20,21,22)/b12-9+. The molecule has 116 valence electrons. The highest BCUT2D eigenvalue weighted by Gasteiger charge is 2.06. The van der Waals surface area contributed by atoms with E-state index in [0.717, 1.165) is 14.9 Å². The number of aromatic nitrogens is 2. The second kappa shape index (κ2) is 7.43. The zero-order valence-electron chi connectivity index (χ0n) is 11.9. The van der Waals surface area contributed by atoms with Crippen LogP contribution in [0.25, 0.3) is 22.3 Å². The van der Waals surface area contributed by atoms with Crippen molar-refractivity contribution in [1.82, 2.24) is 9.97 Å². The van der Waals surface area contributed by atoms with E-state index < -0.39 is 0 Å². The Morgan fingerprint density at radius 3 is 2.65 bits per heavy atom. The van der Waals surface area contributed by atoms with E-state index in [4.69, 9.17) is 4.74 Å².